The minimum atomic E-state index is -0.861. The van der Waals surface area contributed by atoms with Crippen molar-refractivity contribution in [3.63, 3.8) is 0 Å². The van der Waals surface area contributed by atoms with Crippen LogP contribution in [0.3, 0.4) is 0 Å². The summed E-state index contributed by atoms with van der Waals surface area (Å²) < 4.78 is 34.3. The van der Waals surface area contributed by atoms with Crippen LogP contribution in [0, 0.1) is 32.6 Å². The van der Waals surface area contributed by atoms with Gasteiger partial charge in [0.1, 0.15) is 31.0 Å². The van der Waals surface area contributed by atoms with Crippen LogP contribution in [0.15, 0.2) is 72.8 Å². The molecule has 11 nitrogen and oxygen atoms in total. The molecule has 280 valence electrons. The Morgan fingerprint density at radius 1 is 0.673 bits per heavy atom. The van der Waals surface area contributed by atoms with Crippen LogP contribution in [-0.2, 0) is 14.4 Å². The maximum atomic E-state index is 13.7. The first-order chi connectivity index (χ1) is 24.8. The molecule has 4 rings (SSSR count). The summed E-state index contributed by atoms with van der Waals surface area (Å²) in [4.78, 5) is 34.8. The van der Waals surface area contributed by atoms with Crippen LogP contribution < -0.4 is 21.6 Å². The number of rotatable bonds is 16. The second-order valence-corrected chi connectivity index (χ2v) is 14.1. The minimum Gasteiger partial charge on any atom is -0.391 e. The number of aryl methyl sites for hydroxylation is 2. The van der Waals surface area contributed by atoms with E-state index in [0.29, 0.717) is 17.8 Å². The third-order valence-corrected chi connectivity index (χ3v) is 8.57. The Bertz CT molecular complexity index is 1670. The fourth-order valence-corrected chi connectivity index (χ4v) is 5.93. The number of hydroxylamine groups is 2. The van der Waals surface area contributed by atoms with Gasteiger partial charge in [0.2, 0.25) is 0 Å². The number of aliphatic hydroxyl groups is 2. The molecule has 0 aromatic heterocycles. The number of ether oxygens (including phenoxy) is 1. The van der Waals surface area contributed by atoms with Crippen molar-refractivity contribution in [3.8, 4) is 0 Å². The van der Waals surface area contributed by atoms with Gasteiger partial charge in [-0.05, 0) is 149 Å². The molecule has 6 N–H and O–H groups in total. The first-order valence-corrected chi connectivity index (χ1v) is 18.3. The van der Waals surface area contributed by atoms with Crippen LogP contribution in [0.5, 0.6) is 0 Å². The molecule has 4 aromatic carbocycles. The Morgan fingerprint density at radius 2 is 1.12 bits per heavy atom. The summed E-state index contributed by atoms with van der Waals surface area (Å²) >= 11 is 4.42. The zero-order valence-corrected chi connectivity index (χ0v) is 33.4. The van der Waals surface area contributed by atoms with E-state index in [1.54, 1.807) is 0 Å². The van der Waals surface area contributed by atoms with Gasteiger partial charge in [0, 0.05) is 25.6 Å². The second kappa shape index (κ2) is 21.9. The van der Waals surface area contributed by atoms with Gasteiger partial charge in [0.25, 0.3) is 11.8 Å². The van der Waals surface area contributed by atoms with Crippen molar-refractivity contribution in [1.29, 1.82) is 0 Å². The molecule has 0 radical (unpaired) electrons. The summed E-state index contributed by atoms with van der Waals surface area (Å²) in [6.45, 7) is 5.77. The fourth-order valence-electron chi connectivity index (χ4n) is 4.63. The third-order valence-electron chi connectivity index (χ3n) is 7.23. The predicted molar refractivity (Wildman–Crippen MR) is 213 cm³/mol. The monoisotopic (exact) mass is 946 g/mol. The van der Waals surface area contributed by atoms with E-state index in [-0.39, 0.29) is 30.9 Å². The maximum Gasteiger partial charge on any atom is 0.276 e. The summed E-state index contributed by atoms with van der Waals surface area (Å²) in [6.07, 6.45) is -0.0911. The van der Waals surface area contributed by atoms with Crippen LogP contribution in [0.4, 0.5) is 31.5 Å². The molecule has 52 heavy (non-hydrogen) atoms. The highest BCUT2D eigenvalue weighted by molar-refractivity contribution is 14.1. The van der Waals surface area contributed by atoms with Gasteiger partial charge in [-0.15, -0.1) is 0 Å². The summed E-state index contributed by atoms with van der Waals surface area (Å²) in [7, 11) is 1.45. The SMILES string of the molecule is CCCC(O)CONC(=O)c1ccc(F)cc1Nc1ccc(I)cc1C.COCC(O)CONC(=O)c1ccc(F)cc1Nc1ccc(I)cc1C. The molecule has 0 saturated heterocycles. The number of carbonyl (C=O) groups is 2. The van der Waals surface area contributed by atoms with Crippen molar-refractivity contribution in [3.05, 3.63) is 114 Å². The van der Waals surface area contributed by atoms with Gasteiger partial charge in [-0.1, -0.05) is 13.3 Å². The smallest absolute Gasteiger partial charge is 0.276 e. The zero-order chi connectivity index (χ0) is 38.2. The van der Waals surface area contributed by atoms with E-state index in [2.05, 4.69) is 66.8 Å². The first kappa shape index (κ1) is 42.9. The Labute approximate surface area is 329 Å². The lowest BCUT2D eigenvalue weighted by Gasteiger charge is -2.15. The highest BCUT2D eigenvalue weighted by Crippen LogP contribution is 2.27. The van der Waals surface area contributed by atoms with Crippen molar-refractivity contribution < 1.29 is 43.0 Å². The lowest BCUT2D eigenvalue weighted by molar-refractivity contribution is -0.0365. The molecule has 4 aromatic rings. The third kappa shape index (κ3) is 14.2. The summed E-state index contributed by atoms with van der Waals surface area (Å²) in [5.41, 5.74) is 9.13. The van der Waals surface area contributed by atoms with E-state index in [1.807, 2.05) is 57.2 Å². The lowest BCUT2D eigenvalue weighted by atomic mass is 10.1. The fraction of sp³-hybridized carbons (Fsp3) is 0.297. The largest absolute Gasteiger partial charge is 0.391 e. The van der Waals surface area contributed by atoms with E-state index in [1.165, 1.54) is 43.5 Å². The number of hydrogen-bond acceptors (Lipinski definition) is 9. The number of aliphatic hydroxyl groups excluding tert-OH is 2. The van der Waals surface area contributed by atoms with E-state index in [4.69, 9.17) is 14.4 Å². The van der Waals surface area contributed by atoms with Gasteiger partial charge < -0.3 is 25.6 Å². The van der Waals surface area contributed by atoms with Crippen LogP contribution in [-0.4, -0.2) is 61.2 Å². The Kier molecular flexibility index (Phi) is 18.1. The Hall–Kier alpha value is -3.46. The summed E-state index contributed by atoms with van der Waals surface area (Å²) in [6, 6.07) is 19.2. The van der Waals surface area contributed by atoms with E-state index in [9.17, 15) is 28.6 Å². The molecule has 0 heterocycles. The highest BCUT2D eigenvalue weighted by atomic mass is 127. The molecule has 0 spiro atoms. The van der Waals surface area contributed by atoms with Crippen molar-refractivity contribution in [2.75, 3.05) is 37.6 Å². The molecule has 15 heteroatoms. The average molecular weight is 947 g/mol. The minimum absolute atomic E-state index is 0.000231. The van der Waals surface area contributed by atoms with Crippen LogP contribution in [0.2, 0.25) is 0 Å². The average Bonchev–Trinajstić information content (AvgIpc) is 3.08. The molecule has 2 atom stereocenters. The Morgan fingerprint density at radius 3 is 1.52 bits per heavy atom. The van der Waals surface area contributed by atoms with Crippen molar-refractivity contribution in [2.45, 2.75) is 45.8 Å². The summed E-state index contributed by atoms with van der Waals surface area (Å²) in [5, 5.41) is 25.3. The topological polar surface area (TPSA) is 150 Å². The quantitative estimate of drug-likeness (QED) is 0.0498. The number of amides is 2. The van der Waals surface area contributed by atoms with Gasteiger partial charge in [0.05, 0.1) is 35.2 Å². The van der Waals surface area contributed by atoms with Gasteiger partial charge in [0.15, 0.2) is 0 Å². The number of anilines is 4. The van der Waals surface area contributed by atoms with Crippen molar-refractivity contribution in [1.82, 2.24) is 11.0 Å². The highest BCUT2D eigenvalue weighted by Gasteiger charge is 2.16. The molecular weight excluding hydrogens is 904 g/mol. The number of methoxy groups -OCH3 is 1. The molecule has 0 aliphatic rings. The maximum absolute atomic E-state index is 13.7. The molecule has 0 aliphatic heterocycles. The molecule has 2 unspecified atom stereocenters. The number of hydrogen-bond donors (Lipinski definition) is 6. The predicted octanol–water partition coefficient (Wildman–Crippen LogP) is 7.46. The van der Waals surface area contributed by atoms with E-state index < -0.39 is 35.7 Å². The zero-order valence-electron chi connectivity index (χ0n) is 29.1. The van der Waals surface area contributed by atoms with Gasteiger partial charge in [-0.3, -0.25) is 19.3 Å². The van der Waals surface area contributed by atoms with Gasteiger partial charge in [-0.25, -0.2) is 19.7 Å². The second-order valence-electron chi connectivity index (χ2n) is 11.6. The number of halogens is 4. The lowest BCUT2D eigenvalue weighted by Crippen LogP contribution is -2.30. The Balaban J connectivity index is 0.000000280. The van der Waals surface area contributed by atoms with E-state index >= 15 is 0 Å². The number of benzene rings is 4. The standard InChI is InChI=1S/C19H22FIN2O3.C18H20FIN2O4/c1-3-4-15(24)11-26-23-19(25)16-7-5-13(20)10-18(16)22-17-8-6-14(21)9-12(17)2;1-11-7-13(20)4-6-16(11)21-17-8-12(19)3-5-15(17)18(24)22-26-10-14(23)9-25-2/h5-10,15,22,24H,3-4,11H2,1-2H3,(H,23,25);3-8,14,21,23H,9-10H2,1-2H3,(H,22,24). The molecule has 0 aliphatic carbocycles. The van der Waals surface area contributed by atoms with Gasteiger partial charge >= 0.3 is 0 Å². The molecular formula is C37H42F2I2N4O7. The summed E-state index contributed by atoms with van der Waals surface area (Å²) in [5.74, 6) is -1.99. The number of nitrogens with one attached hydrogen (secondary N) is 4. The molecule has 2 amide bonds. The molecule has 0 bridgehead atoms. The van der Waals surface area contributed by atoms with Crippen molar-refractivity contribution >= 4 is 79.7 Å². The van der Waals surface area contributed by atoms with E-state index in [0.717, 1.165) is 36.1 Å². The van der Waals surface area contributed by atoms with Gasteiger partial charge in [-0.2, -0.15) is 0 Å². The molecule has 0 fully saturated rings. The molecule has 0 saturated carbocycles. The number of carbonyl (C=O) groups excluding carboxylic acids is 2. The van der Waals surface area contributed by atoms with Crippen LogP contribution in [0.25, 0.3) is 0 Å². The van der Waals surface area contributed by atoms with Crippen LogP contribution >= 0.6 is 45.2 Å². The first-order valence-electron chi connectivity index (χ1n) is 16.2. The normalized spacial score (nSPS) is 11.9. The van der Waals surface area contributed by atoms with Crippen molar-refractivity contribution in [2.24, 2.45) is 0 Å². The van der Waals surface area contributed by atoms with Crippen LogP contribution in [0.1, 0.15) is 51.6 Å².